The van der Waals surface area contributed by atoms with Gasteiger partial charge >= 0.3 is 7.58 Å². The van der Waals surface area contributed by atoms with Crippen LogP contribution in [0.15, 0.2) is 17.5 Å². The molecule has 0 spiro atoms. The molecule has 0 N–H and O–H groups in total. The lowest BCUT2D eigenvalue weighted by Crippen LogP contribution is -2.25. The van der Waals surface area contributed by atoms with Crippen molar-refractivity contribution in [3.8, 4) is 0 Å². The van der Waals surface area contributed by atoms with Crippen molar-refractivity contribution in [2.45, 2.75) is 45.1 Å². The molecule has 1 atom stereocenters. The molecule has 15 heavy (non-hydrogen) atoms. The number of hydrogen-bond donors (Lipinski definition) is 0. The van der Waals surface area contributed by atoms with Gasteiger partial charge in [0.25, 0.3) is 0 Å². The topological polar surface area (TPSA) is 9.23 Å². The molecule has 0 saturated heterocycles. The average Bonchev–Trinajstić information content (AvgIpc) is 2.72. The Morgan fingerprint density at radius 1 is 1.40 bits per heavy atom. The second kappa shape index (κ2) is 6.70. The van der Waals surface area contributed by atoms with Crippen molar-refractivity contribution in [3.05, 3.63) is 22.4 Å². The zero-order chi connectivity index (χ0) is 11.1. The Bertz CT molecular complexity index is 279. The molecular weight excluding hydrogens is 243 g/mol. The van der Waals surface area contributed by atoms with Gasteiger partial charge in [-0.15, -0.1) is 11.3 Å². The maximum atomic E-state index is 5.91. The molecule has 0 aromatic carbocycles. The van der Waals surface area contributed by atoms with E-state index in [9.17, 15) is 0 Å². The Morgan fingerprint density at radius 3 is 2.47 bits per heavy atom. The molecule has 0 fully saturated rings. The van der Waals surface area contributed by atoms with E-state index in [0.717, 1.165) is 25.7 Å². The van der Waals surface area contributed by atoms with Crippen LogP contribution in [-0.2, 0) is 21.9 Å². The maximum Gasteiger partial charge on any atom is 0.323 e. The van der Waals surface area contributed by atoms with Gasteiger partial charge in [0.05, 0.1) is 0 Å². The summed E-state index contributed by atoms with van der Waals surface area (Å²) < 4.78 is 5.91. The molecule has 1 nitrogen and oxygen atoms in total. The molecule has 0 saturated carbocycles. The Morgan fingerprint density at radius 2 is 2.07 bits per heavy atom. The molecule has 84 valence electrons. The molecule has 1 rings (SSSR count). The highest BCUT2D eigenvalue weighted by Gasteiger charge is 2.36. The quantitative estimate of drug-likeness (QED) is 0.663. The molecule has 1 heterocycles. The van der Waals surface area contributed by atoms with Crippen molar-refractivity contribution in [1.29, 1.82) is 0 Å². The van der Waals surface area contributed by atoms with Crippen LogP contribution in [0.5, 0.6) is 0 Å². The van der Waals surface area contributed by atoms with E-state index in [2.05, 4.69) is 31.4 Å². The summed E-state index contributed by atoms with van der Waals surface area (Å²) in [7, 11) is 0.157. The molecule has 4 heteroatoms. The number of rotatable bonds is 7. The van der Waals surface area contributed by atoms with Crippen LogP contribution in [0.4, 0.5) is 0 Å². The van der Waals surface area contributed by atoms with Gasteiger partial charge in [0.2, 0.25) is 0 Å². The van der Waals surface area contributed by atoms with Gasteiger partial charge in [0.1, 0.15) is 0 Å². The summed E-state index contributed by atoms with van der Waals surface area (Å²) in [6, 6.07) is 4.27. The molecule has 0 aliphatic heterocycles. The third kappa shape index (κ3) is 3.32. The van der Waals surface area contributed by atoms with Gasteiger partial charge in [-0.05, 0) is 24.3 Å². The highest BCUT2D eigenvalue weighted by molar-refractivity contribution is 7.94. The van der Waals surface area contributed by atoms with Gasteiger partial charge in [0.15, 0.2) is 17.4 Å². The van der Waals surface area contributed by atoms with Crippen LogP contribution in [0.3, 0.4) is 0 Å². The molecule has 1 aromatic heterocycles. The smallest absolute Gasteiger partial charge is 0.158 e. The van der Waals surface area contributed by atoms with Gasteiger partial charge in [-0.3, -0.25) is 0 Å². The minimum Gasteiger partial charge on any atom is -0.158 e. The van der Waals surface area contributed by atoms with Crippen LogP contribution in [0.2, 0.25) is 0 Å². The molecule has 0 aliphatic rings. The first-order chi connectivity index (χ1) is 7.29. The largest absolute Gasteiger partial charge is 0.323 e. The van der Waals surface area contributed by atoms with Crippen LogP contribution < -0.4 is 0 Å². The predicted octanol–water partition coefficient (Wildman–Crippen LogP) is 4.62. The van der Waals surface area contributed by atoms with Crippen molar-refractivity contribution in [2.24, 2.45) is 0 Å². The Kier molecular flexibility index (Phi) is 5.91. The van der Waals surface area contributed by atoms with Crippen molar-refractivity contribution in [1.82, 2.24) is 0 Å². The normalized spacial score (nSPS) is 12.1. The minimum atomic E-state index is -0.0993. The van der Waals surface area contributed by atoms with E-state index in [4.69, 9.17) is 16.3 Å². The average molecular weight is 261 g/mol. The summed E-state index contributed by atoms with van der Waals surface area (Å²) in [6.07, 6.45) is 4.42. The van der Waals surface area contributed by atoms with Gasteiger partial charge in [0, 0.05) is 4.88 Å². The van der Waals surface area contributed by atoms with Crippen molar-refractivity contribution >= 4 is 30.7 Å². The van der Waals surface area contributed by atoms with Crippen LogP contribution in [0.25, 0.3) is 0 Å². The first kappa shape index (κ1) is 13.2. The second-order valence-electron chi connectivity index (χ2n) is 3.66. The predicted molar refractivity (Wildman–Crippen MR) is 72.6 cm³/mol. The molecular formula is C11H18OPS2+. The summed E-state index contributed by atoms with van der Waals surface area (Å²) in [6.45, 7) is 4.40. The summed E-state index contributed by atoms with van der Waals surface area (Å²) in [4.78, 5) is 1.34. The SMILES string of the molecule is CCCC(CCC)(O[PH+]=S)c1cccs1. The van der Waals surface area contributed by atoms with Gasteiger partial charge < -0.3 is 0 Å². The van der Waals surface area contributed by atoms with Crippen LogP contribution in [0, 0.1) is 0 Å². The zero-order valence-electron chi connectivity index (χ0n) is 9.29. The zero-order valence-corrected chi connectivity index (χ0v) is 11.9. The lowest BCUT2D eigenvalue weighted by molar-refractivity contribution is 0.0716. The molecule has 0 amide bonds. The molecule has 0 aliphatic carbocycles. The molecule has 0 radical (unpaired) electrons. The van der Waals surface area contributed by atoms with E-state index < -0.39 is 0 Å². The Balaban J connectivity index is 2.95. The van der Waals surface area contributed by atoms with Gasteiger partial charge in [-0.2, -0.15) is 4.52 Å². The monoisotopic (exact) mass is 261 g/mol. The molecule has 1 aromatic rings. The number of thiophene rings is 1. The van der Waals surface area contributed by atoms with Crippen LogP contribution >= 0.6 is 18.9 Å². The fraction of sp³-hybridized carbons (Fsp3) is 0.636. The van der Waals surface area contributed by atoms with E-state index in [1.165, 1.54) is 4.88 Å². The van der Waals surface area contributed by atoms with E-state index in [1.54, 1.807) is 11.3 Å². The first-order valence-electron chi connectivity index (χ1n) is 5.38. The van der Waals surface area contributed by atoms with Crippen molar-refractivity contribution in [2.75, 3.05) is 0 Å². The highest BCUT2D eigenvalue weighted by atomic mass is 32.4. The van der Waals surface area contributed by atoms with Crippen LogP contribution in [0.1, 0.15) is 44.4 Å². The van der Waals surface area contributed by atoms with E-state index in [-0.39, 0.29) is 13.2 Å². The minimum absolute atomic E-state index is 0.0993. The molecule has 0 bridgehead atoms. The third-order valence-electron chi connectivity index (χ3n) is 2.51. The van der Waals surface area contributed by atoms with E-state index >= 15 is 0 Å². The lowest BCUT2D eigenvalue weighted by atomic mass is 9.91. The lowest BCUT2D eigenvalue weighted by Gasteiger charge is -2.26. The maximum absolute atomic E-state index is 5.91. The summed E-state index contributed by atoms with van der Waals surface area (Å²) in [5.41, 5.74) is -0.0993. The summed E-state index contributed by atoms with van der Waals surface area (Å²) >= 11 is 6.80. The van der Waals surface area contributed by atoms with Crippen LogP contribution in [-0.4, -0.2) is 0 Å². The fourth-order valence-corrected chi connectivity index (χ4v) is 3.90. The highest BCUT2D eigenvalue weighted by Crippen LogP contribution is 2.40. The van der Waals surface area contributed by atoms with E-state index in [0.29, 0.717) is 0 Å². The fourth-order valence-electron chi connectivity index (χ4n) is 1.95. The Hall–Kier alpha value is 0.180. The molecule has 1 unspecified atom stereocenters. The van der Waals surface area contributed by atoms with Crippen molar-refractivity contribution in [3.63, 3.8) is 0 Å². The Labute approximate surface area is 103 Å². The van der Waals surface area contributed by atoms with Crippen molar-refractivity contribution < 1.29 is 4.52 Å². The second-order valence-corrected chi connectivity index (χ2v) is 5.48. The summed E-state index contributed by atoms with van der Waals surface area (Å²) in [5, 5.41) is 2.12. The summed E-state index contributed by atoms with van der Waals surface area (Å²) in [5.74, 6) is 0. The van der Waals surface area contributed by atoms with Gasteiger partial charge in [-0.1, -0.05) is 32.8 Å². The number of hydrogen-bond acceptors (Lipinski definition) is 3. The standard InChI is InChI=1S/C11H17OPS2/c1-3-7-11(8-4-2,12-13-14)10-6-5-9-15-10/h5-6,9H,3-4,7-8H2,1-2H3/p+1. The third-order valence-corrected chi connectivity index (χ3v) is 4.29. The van der Waals surface area contributed by atoms with Gasteiger partial charge in [-0.25, -0.2) is 0 Å². The van der Waals surface area contributed by atoms with E-state index in [1.807, 2.05) is 0 Å². The first-order valence-corrected chi connectivity index (χ1v) is 8.30.